The van der Waals surface area contributed by atoms with Gasteiger partial charge in [0.15, 0.2) is 0 Å². The summed E-state index contributed by atoms with van der Waals surface area (Å²) in [5, 5.41) is 2.93. The highest BCUT2D eigenvalue weighted by Gasteiger charge is 2.51. The number of piperidine rings is 1. The van der Waals surface area contributed by atoms with Crippen LogP contribution in [0.2, 0.25) is 0 Å². The monoisotopic (exact) mass is 371 g/mol. The van der Waals surface area contributed by atoms with Crippen LogP contribution in [0.25, 0.3) is 0 Å². The fourth-order valence-corrected chi connectivity index (χ4v) is 5.33. The molecule has 1 N–H and O–H groups in total. The number of rotatable bonds is 3. The van der Waals surface area contributed by atoms with Crippen molar-refractivity contribution in [2.24, 2.45) is 0 Å². The fraction of sp³-hybridized carbons (Fsp3) is 0.316. The Kier molecular flexibility index (Phi) is 4.20. The minimum absolute atomic E-state index is 0.0156. The molecule has 2 fully saturated rings. The number of benzene rings is 2. The number of anilines is 1. The SMILES string of the molecule is O=C1NCN(c2ccccc2)C12CCN(S(=O)(=O)c1ccccc1)CC2. The number of carbonyl (C=O) groups excluding carboxylic acids is 1. The normalized spacial score (nSPS) is 20.3. The maximum absolute atomic E-state index is 12.8. The van der Waals surface area contributed by atoms with Crippen molar-refractivity contribution < 1.29 is 13.2 Å². The minimum atomic E-state index is -3.52. The Hall–Kier alpha value is -2.38. The number of carbonyl (C=O) groups is 1. The summed E-state index contributed by atoms with van der Waals surface area (Å²) in [4.78, 5) is 15.0. The predicted molar refractivity (Wildman–Crippen MR) is 99.1 cm³/mol. The molecule has 2 aliphatic heterocycles. The van der Waals surface area contributed by atoms with Crippen LogP contribution in [0.3, 0.4) is 0 Å². The van der Waals surface area contributed by atoms with Crippen LogP contribution in [0.1, 0.15) is 12.8 Å². The zero-order chi connectivity index (χ0) is 18.2. The summed E-state index contributed by atoms with van der Waals surface area (Å²) in [6.07, 6.45) is 0.944. The molecule has 2 aromatic rings. The Bertz CT molecular complexity index is 892. The summed E-state index contributed by atoms with van der Waals surface area (Å²) in [7, 11) is -3.52. The van der Waals surface area contributed by atoms with E-state index in [0.29, 0.717) is 37.5 Å². The third kappa shape index (κ3) is 2.68. The third-order valence-corrected chi connectivity index (χ3v) is 7.25. The molecule has 6 nitrogen and oxygen atoms in total. The van der Waals surface area contributed by atoms with Gasteiger partial charge in [-0.1, -0.05) is 36.4 Å². The van der Waals surface area contributed by atoms with Crippen molar-refractivity contribution in [1.29, 1.82) is 0 Å². The van der Waals surface area contributed by atoms with E-state index in [0.717, 1.165) is 5.69 Å². The summed E-state index contributed by atoms with van der Waals surface area (Å²) in [6.45, 7) is 1.11. The van der Waals surface area contributed by atoms with Gasteiger partial charge in [0, 0.05) is 18.8 Å². The number of para-hydroxylation sites is 1. The zero-order valence-corrected chi connectivity index (χ0v) is 15.2. The van der Waals surface area contributed by atoms with E-state index in [1.54, 1.807) is 30.3 Å². The van der Waals surface area contributed by atoms with Crippen molar-refractivity contribution >= 4 is 21.6 Å². The predicted octanol–water partition coefficient (Wildman–Crippen LogP) is 1.80. The van der Waals surface area contributed by atoms with Gasteiger partial charge in [-0.2, -0.15) is 4.31 Å². The van der Waals surface area contributed by atoms with Crippen LogP contribution in [0.4, 0.5) is 5.69 Å². The molecule has 0 bridgehead atoms. The van der Waals surface area contributed by atoms with Crippen molar-refractivity contribution in [1.82, 2.24) is 9.62 Å². The molecular formula is C19H21N3O3S. The quantitative estimate of drug-likeness (QED) is 0.893. The lowest BCUT2D eigenvalue weighted by Gasteiger charge is -2.42. The average molecular weight is 371 g/mol. The largest absolute Gasteiger partial charge is 0.339 e. The molecule has 2 heterocycles. The Morgan fingerprint density at radius 1 is 0.885 bits per heavy atom. The molecule has 2 aromatic carbocycles. The molecule has 1 amide bonds. The summed E-state index contributed by atoms with van der Waals surface area (Å²) in [5.41, 5.74) is 0.301. The lowest BCUT2D eigenvalue weighted by Crippen LogP contribution is -2.57. The first-order valence-corrected chi connectivity index (χ1v) is 10.1. The van der Waals surface area contributed by atoms with Gasteiger partial charge >= 0.3 is 0 Å². The van der Waals surface area contributed by atoms with Crippen LogP contribution in [0, 0.1) is 0 Å². The molecule has 136 valence electrons. The fourth-order valence-electron chi connectivity index (χ4n) is 3.87. The van der Waals surface area contributed by atoms with Crippen LogP contribution in [0.5, 0.6) is 0 Å². The van der Waals surface area contributed by atoms with Gasteiger partial charge in [0.05, 0.1) is 11.6 Å². The average Bonchev–Trinajstić information content (AvgIpc) is 2.99. The Labute approximate surface area is 153 Å². The van der Waals surface area contributed by atoms with E-state index in [9.17, 15) is 13.2 Å². The molecule has 1 spiro atoms. The summed E-state index contributed by atoms with van der Waals surface area (Å²) < 4.78 is 27.2. The Morgan fingerprint density at radius 2 is 1.46 bits per heavy atom. The molecule has 0 atom stereocenters. The van der Waals surface area contributed by atoms with E-state index in [4.69, 9.17) is 0 Å². The van der Waals surface area contributed by atoms with Crippen molar-refractivity contribution in [3.8, 4) is 0 Å². The van der Waals surface area contributed by atoms with Gasteiger partial charge in [0.2, 0.25) is 15.9 Å². The van der Waals surface area contributed by atoms with E-state index >= 15 is 0 Å². The molecule has 0 aromatic heterocycles. The topological polar surface area (TPSA) is 69.7 Å². The third-order valence-electron chi connectivity index (χ3n) is 5.34. The second kappa shape index (κ2) is 6.41. The Morgan fingerprint density at radius 3 is 2.08 bits per heavy atom. The van der Waals surface area contributed by atoms with Crippen molar-refractivity contribution in [3.05, 3.63) is 60.7 Å². The molecule has 0 saturated carbocycles. The van der Waals surface area contributed by atoms with Crippen LogP contribution < -0.4 is 10.2 Å². The van der Waals surface area contributed by atoms with Crippen molar-refractivity contribution in [2.75, 3.05) is 24.7 Å². The highest BCUT2D eigenvalue weighted by atomic mass is 32.2. The van der Waals surface area contributed by atoms with Crippen LogP contribution in [0.15, 0.2) is 65.6 Å². The first-order chi connectivity index (χ1) is 12.5. The van der Waals surface area contributed by atoms with Crippen LogP contribution >= 0.6 is 0 Å². The van der Waals surface area contributed by atoms with Gasteiger partial charge in [0.1, 0.15) is 5.54 Å². The van der Waals surface area contributed by atoms with Gasteiger partial charge in [-0.3, -0.25) is 4.79 Å². The molecule has 2 saturated heterocycles. The molecule has 0 aliphatic carbocycles. The van der Waals surface area contributed by atoms with Gasteiger partial charge in [-0.15, -0.1) is 0 Å². The zero-order valence-electron chi connectivity index (χ0n) is 14.3. The molecular weight excluding hydrogens is 350 g/mol. The van der Waals surface area contributed by atoms with Crippen molar-refractivity contribution in [3.63, 3.8) is 0 Å². The van der Waals surface area contributed by atoms with E-state index in [1.807, 2.05) is 30.3 Å². The second-order valence-corrected chi connectivity index (χ2v) is 8.61. The van der Waals surface area contributed by atoms with Gasteiger partial charge < -0.3 is 10.2 Å². The number of nitrogens with zero attached hydrogens (tertiary/aromatic N) is 2. The number of amides is 1. The summed E-state index contributed by atoms with van der Waals surface area (Å²) in [5.74, 6) is -0.0156. The van der Waals surface area contributed by atoms with Crippen LogP contribution in [-0.2, 0) is 14.8 Å². The molecule has 26 heavy (non-hydrogen) atoms. The molecule has 0 radical (unpaired) electrons. The molecule has 0 unspecified atom stereocenters. The van der Waals surface area contributed by atoms with Crippen molar-refractivity contribution in [2.45, 2.75) is 23.3 Å². The van der Waals surface area contributed by atoms with E-state index in [1.165, 1.54) is 4.31 Å². The van der Waals surface area contributed by atoms with Gasteiger partial charge in [0.25, 0.3) is 0 Å². The lowest BCUT2D eigenvalue weighted by atomic mass is 9.86. The second-order valence-electron chi connectivity index (χ2n) is 6.68. The number of hydrogen-bond acceptors (Lipinski definition) is 4. The summed E-state index contributed by atoms with van der Waals surface area (Å²) in [6, 6.07) is 18.3. The summed E-state index contributed by atoms with van der Waals surface area (Å²) >= 11 is 0. The van der Waals surface area contributed by atoms with Gasteiger partial charge in [-0.05, 0) is 37.1 Å². The molecule has 2 aliphatic rings. The van der Waals surface area contributed by atoms with Crippen LogP contribution in [-0.4, -0.2) is 43.9 Å². The number of nitrogens with one attached hydrogen (secondary N) is 1. The van der Waals surface area contributed by atoms with E-state index < -0.39 is 15.6 Å². The lowest BCUT2D eigenvalue weighted by molar-refractivity contribution is -0.124. The maximum atomic E-state index is 12.8. The van der Waals surface area contributed by atoms with E-state index in [2.05, 4.69) is 10.2 Å². The first kappa shape index (κ1) is 17.1. The van der Waals surface area contributed by atoms with E-state index in [-0.39, 0.29) is 5.91 Å². The molecule has 7 heteroatoms. The highest BCUT2D eigenvalue weighted by molar-refractivity contribution is 7.89. The number of sulfonamides is 1. The molecule has 4 rings (SSSR count). The Balaban J connectivity index is 1.58. The van der Waals surface area contributed by atoms with Gasteiger partial charge in [-0.25, -0.2) is 8.42 Å². The minimum Gasteiger partial charge on any atom is -0.339 e. The smallest absolute Gasteiger partial charge is 0.247 e. The standard InChI is InChI=1S/C19H21N3O3S/c23-18-19(22(15-20-18)16-7-3-1-4-8-16)11-13-21(14-12-19)26(24,25)17-9-5-2-6-10-17/h1-10H,11-15H2,(H,20,23). The maximum Gasteiger partial charge on any atom is 0.247 e. The highest BCUT2D eigenvalue weighted by Crippen LogP contribution is 2.37. The number of hydrogen-bond donors (Lipinski definition) is 1. The first-order valence-electron chi connectivity index (χ1n) is 8.70.